The van der Waals surface area contributed by atoms with Crippen LogP contribution in [-0.4, -0.2) is 32.9 Å². The summed E-state index contributed by atoms with van der Waals surface area (Å²) in [6.07, 6.45) is 1.55. The lowest BCUT2D eigenvalue weighted by molar-refractivity contribution is -0.136. The van der Waals surface area contributed by atoms with E-state index in [9.17, 15) is 9.59 Å². The van der Waals surface area contributed by atoms with Gasteiger partial charge >= 0.3 is 12.1 Å². The van der Waals surface area contributed by atoms with Crippen LogP contribution in [0, 0.1) is 0 Å². The molecule has 2 rings (SSSR count). The molecule has 0 fully saturated rings. The van der Waals surface area contributed by atoms with Gasteiger partial charge in [-0.2, -0.15) is 0 Å². The topological polar surface area (TPSA) is 73.9 Å². The minimum Gasteiger partial charge on any atom is -0.496 e. The highest BCUT2D eigenvalue weighted by molar-refractivity contribution is 5.91. The molecule has 1 N–H and O–H groups in total. The van der Waals surface area contributed by atoms with Crippen LogP contribution < -0.4 is 10.1 Å². The molecular weight excluding hydrogens is 298 g/mol. The van der Waals surface area contributed by atoms with Crippen LogP contribution in [0.3, 0.4) is 0 Å². The third kappa shape index (κ3) is 3.71. The lowest BCUT2D eigenvalue weighted by Crippen LogP contribution is -2.30. The van der Waals surface area contributed by atoms with Crippen molar-refractivity contribution in [1.29, 1.82) is 0 Å². The average Bonchev–Trinajstić information content (AvgIpc) is 2.57. The van der Waals surface area contributed by atoms with E-state index >= 15 is 0 Å². The summed E-state index contributed by atoms with van der Waals surface area (Å²) in [5, 5.41) is 2.63. The SMILES string of the molecule is C=CCOC(=O)NC1=C(C(=O)OC)Cc2c(cccc2OC)C1. The molecule has 0 bridgehead atoms. The molecule has 1 aliphatic carbocycles. The molecule has 0 radical (unpaired) electrons. The number of ether oxygens (including phenoxy) is 3. The van der Waals surface area contributed by atoms with Gasteiger partial charge in [0.25, 0.3) is 0 Å². The zero-order valence-electron chi connectivity index (χ0n) is 13.2. The molecule has 0 atom stereocenters. The quantitative estimate of drug-likeness (QED) is 0.665. The average molecular weight is 317 g/mol. The molecule has 23 heavy (non-hydrogen) atoms. The summed E-state index contributed by atoms with van der Waals surface area (Å²) in [6, 6.07) is 5.64. The number of hydrogen-bond acceptors (Lipinski definition) is 5. The maximum Gasteiger partial charge on any atom is 0.411 e. The Morgan fingerprint density at radius 3 is 2.74 bits per heavy atom. The van der Waals surface area contributed by atoms with Crippen molar-refractivity contribution >= 4 is 12.1 Å². The minimum absolute atomic E-state index is 0.0943. The second-order valence-electron chi connectivity index (χ2n) is 4.91. The second-order valence-corrected chi connectivity index (χ2v) is 4.91. The fourth-order valence-corrected chi connectivity index (χ4v) is 2.48. The van der Waals surface area contributed by atoms with E-state index in [1.165, 1.54) is 13.2 Å². The van der Waals surface area contributed by atoms with Crippen LogP contribution in [0.1, 0.15) is 11.1 Å². The van der Waals surface area contributed by atoms with Crippen LogP contribution in [0.2, 0.25) is 0 Å². The number of alkyl carbamates (subject to hydrolysis) is 1. The highest BCUT2D eigenvalue weighted by Crippen LogP contribution is 2.32. The van der Waals surface area contributed by atoms with Gasteiger partial charge in [-0.25, -0.2) is 9.59 Å². The Hall–Kier alpha value is -2.76. The molecule has 1 aromatic carbocycles. The van der Waals surface area contributed by atoms with Crippen molar-refractivity contribution in [2.45, 2.75) is 12.8 Å². The van der Waals surface area contributed by atoms with Crippen molar-refractivity contribution in [3.05, 3.63) is 53.3 Å². The number of carbonyl (C=O) groups is 2. The Labute approximate surface area is 134 Å². The summed E-state index contributed by atoms with van der Waals surface area (Å²) in [5.74, 6) is 0.220. The second kappa shape index (κ2) is 7.49. The smallest absolute Gasteiger partial charge is 0.411 e. The fraction of sp³-hybridized carbons (Fsp3) is 0.294. The maximum atomic E-state index is 12.1. The van der Waals surface area contributed by atoms with Crippen LogP contribution in [0.5, 0.6) is 5.75 Å². The maximum absolute atomic E-state index is 12.1. The number of fused-ring (bicyclic) bond motifs is 1. The van der Waals surface area contributed by atoms with Crippen LogP contribution in [0.25, 0.3) is 0 Å². The molecule has 0 saturated heterocycles. The third-order valence-electron chi connectivity index (χ3n) is 3.55. The summed E-state index contributed by atoms with van der Waals surface area (Å²) in [5.41, 5.74) is 2.77. The third-order valence-corrected chi connectivity index (χ3v) is 3.55. The van der Waals surface area contributed by atoms with Crippen LogP contribution in [0.15, 0.2) is 42.1 Å². The zero-order chi connectivity index (χ0) is 16.8. The van der Waals surface area contributed by atoms with Crippen LogP contribution in [0.4, 0.5) is 4.79 Å². The number of benzene rings is 1. The Balaban J connectivity index is 2.32. The van der Waals surface area contributed by atoms with Gasteiger partial charge in [0, 0.05) is 24.1 Å². The first-order valence-electron chi connectivity index (χ1n) is 7.10. The monoisotopic (exact) mass is 317 g/mol. The number of methoxy groups -OCH3 is 2. The molecule has 0 spiro atoms. The van der Waals surface area contributed by atoms with E-state index in [0.29, 0.717) is 29.9 Å². The lowest BCUT2D eigenvalue weighted by atomic mass is 9.88. The summed E-state index contributed by atoms with van der Waals surface area (Å²) in [7, 11) is 2.89. The van der Waals surface area contributed by atoms with Gasteiger partial charge in [-0.3, -0.25) is 5.32 Å². The molecule has 0 aromatic heterocycles. The summed E-state index contributed by atoms with van der Waals surface area (Å²) in [4.78, 5) is 23.8. The van der Waals surface area contributed by atoms with E-state index in [2.05, 4.69) is 11.9 Å². The molecular formula is C17H19NO5. The van der Waals surface area contributed by atoms with Gasteiger partial charge in [-0.05, 0) is 11.6 Å². The predicted molar refractivity (Wildman–Crippen MR) is 84.1 cm³/mol. The first-order valence-corrected chi connectivity index (χ1v) is 7.10. The van der Waals surface area contributed by atoms with Gasteiger partial charge in [0.1, 0.15) is 12.4 Å². The van der Waals surface area contributed by atoms with Gasteiger partial charge in [0.15, 0.2) is 0 Å². The van der Waals surface area contributed by atoms with Crippen molar-refractivity contribution in [3.8, 4) is 5.75 Å². The molecule has 1 amide bonds. The fourth-order valence-electron chi connectivity index (χ4n) is 2.48. The number of rotatable bonds is 5. The minimum atomic E-state index is -0.632. The van der Waals surface area contributed by atoms with Crippen molar-refractivity contribution < 1.29 is 23.8 Å². The normalized spacial score (nSPS) is 13.0. The Kier molecular flexibility index (Phi) is 5.41. The number of carbonyl (C=O) groups excluding carboxylic acids is 2. The number of esters is 1. The molecule has 6 heteroatoms. The first kappa shape index (κ1) is 16.6. The van der Waals surface area contributed by atoms with Crippen molar-refractivity contribution in [2.24, 2.45) is 0 Å². The van der Waals surface area contributed by atoms with Gasteiger partial charge < -0.3 is 14.2 Å². The summed E-state index contributed by atoms with van der Waals surface area (Å²) in [6.45, 7) is 3.57. The first-order chi connectivity index (χ1) is 11.1. The zero-order valence-corrected chi connectivity index (χ0v) is 13.2. The number of nitrogens with one attached hydrogen (secondary N) is 1. The molecule has 0 saturated carbocycles. The number of allylic oxidation sites excluding steroid dienone is 1. The summed E-state index contributed by atoms with van der Waals surface area (Å²) < 4.78 is 15.1. The highest BCUT2D eigenvalue weighted by atomic mass is 16.5. The van der Waals surface area contributed by atoms with Gasteiger partial charge in [0.2, 0.25) is 0 Å². The molecule has 6 nitrogen and oxygen atoms in total. The molecule has 1 aromatic rings. The van der Waals surface area contributed by atoms with E-state index in [-0.39, 0.29) is 6.61 Å². The van der Waals surface area contributed by atoms with E-state index in [1.54, 1.807) is 7.11 Å². The van der Waals surface area contributed by atoms with E-state index < -0.39 is 12.1 Å². The lowest BCUT2D eigenvalue weighted by Gasteiger charge is -2.23. The Bertz CT molecular complexity index is 663. The Morgan fingerprint density at radius 2 is 2.09 bits per heavy atom. The summed E-state index contributed by atoms with van der Waals surface area (Å²) >= 11 is 0. The van der Waals surface area contributed by atoms with E-state index in [1.807, 2.05) is 18.2 Å². The van der Waals surface area contributed by atoms with Gasteiger partial charge in [-0.1, -0.05) is 24.8 Å². The van der Waals surface area contributed by atoms with Crippen LogP contribution >= 0.6 is 0 Å². The number of amides is 1. The standard InChI is InChI=1S/C17H19NO5/c1-4-8-23-17(20)18-14-9-11-6-5-7-15(21-2)12(11)10-13(14)16(19)22-3/h4-7H,1,8-10H2,2-3H3,(H,18,20). The molecule has 0 heterocycles. The largest absolute Gasteiger partial charge is 0.496 e. The molecule has 1 aliphatic rings. The van der Waals surface area contributed by atoms with E-state index in [0.717, 1.165) is 11.1 Å². The van der Waals surface area contributed by atoms with Gasteiger partial charge in [0.05, 0.1) is 19.8 Å². The van der Waals surface area contributed by atoms with E-state index in [4.69, 9.17) is 14.2 Å². The molecule has 122 valence electrons. The van der Waals surface area contributed by atoms with Crippen molar-refractivity contribution in [3.63, 3.8) is 0 Å². The van der Waals surface area contributed by atoms with Crippen LogP contribution in [-0.2, 0) is 27.1 Å². The number of hydrogen-bond donors (Lipinski definition) is 1. The van der Waals surface area contributed by atoms with Gasteiger partial charge in [-0.15, -0.1) is 0 Å². The van der Waals surface area contributed by atoms with Crippen molar-refractivity contribution in [1.82, 2.24) is 5.32 Å². The molecule has 0 unspecified atom stereocenters. The highest BCUT2D eigenvalue weighted by Gasteiger charge is 2.27. The molecule has 0 aliphatic heterocycles. The van der Waals surface area contributed by atoms with Crippen molar-refractivity contribution in [2.75, 3.05) is 20.8 Å². The predicted octanol–water partition coefficient (Wildman–Crippen LogP) is 2.13. The Morgan fingerprint density at radius 1 is 1.30 bits per heavy atom.